The largest absolute Gasteiger partial charge is 0.492 e. The summed E-state index contributed by atoms with van der Waals surface area (Å²) in [5, 5.41) is 12.3. The smallest absolute Gasteiger partial charge is 0.251 e. The second kappa shape index (κ2) is 11.4. The number of benzene rings is 1. The lowest BCUT2D eigenvalue weighted by molar-refractivity contribution is -0.127. The zero-order valence-electron chi connectivity index (χ0n) is 20.2. The third-order valence-corrected chi connectivity index (χ3v) is 7.21. The molecule has 4 heterocycles. The number of nitrogens with one attached hydrogen (secondary N) is 1. The minimum absolute atomic E-state index is 0.0838. The van der Waals surface area contributed by atoms with E-state index in [4.69, 9.17) is 21.1 Å². The molecule has 0 radical (unpaired) electrons. The maximum absolute atomic E-state index is 13.1. The number of fused-ring (bicyclic) bond motifs is 5. The molecule has 1 N–H and O–H groups in total. The molecule has 1 aromatic carbocycles. The van der Waals surface area contributed by atoms with Gasteiger partial charge in [0.05, 0.1) is 42.3 Å². The van der Waals surface area contributed by atoms with Crippen LogP contribution in [0, 0.1) is 6.92 Å². The van der Waals surface area contributed by atoms with Gasteiger partial charge < -0.3 is 19.7 Å². The minimum atomic E-state index is -0.422. The standard InChI is InChI=1S/C24H26ClN7O4S/c1-15-5-6-26-24(27-15)37-14-22(33)31-11-19-21(12-31)36-13-17-10-32(30-29-17)7-2-8-35-20-9-16(23(34)28-19)3-4-18(20)25/h3-6,9-10,19,21H,2,7-8,11-14H2,1H3,(H,28,34)/t19-,21-/m0/s1. The molecule has 0 unspecified atom stereocenters. The van der Waals surface area contributed by atoms with Crippen molar-refractivity contribution in [3.63, 3.8) is 0 Å². The van der Waals surface area contributed by atoms with Crippen LogP contribution in [0.4, 0.5) is 0 Å². The molecule has 3 aromatic rings. The summed E-state index contributed by atoms with van der Waals surface area (Å²) in [4.78, 5) is 36.4. The van der Waals surface area contributed by atoms with Gasteiger partial charge in [-0.05, 0) is 31.2 Å². The van der Waals surface area contributed by atoms with E-state index < -0.39 is 12.1 Å². The SMILES string of the molecule is Cc1ccnc(SCC(=O)N2C[C@@H]3NC(=O)c4ccc(Cl)c(c4)OCCCn4cc(nn4)CO[C@H]3C2)n1. The van der Waals surface area contributed by atoms with E-state index in [1.165, 1.54) is 11.8 Å². The number of carbonyl (C=O) groups is 2. The number of halogens is 1. The maximum atomic E-state index is 13.1. The van der Waals surface area contributed by atoms with Gasteiger partial charge in [0.2, 0.25) is 5.91 Å². The summed E-state index contributed by atoms with van der Waals surface area (Å²) in [6.07, 6.45) is 3.76. The number of rotatable bonds is 3. The highest BCUT2D eigenvalue weighted by Gasteiger charge is 2.37. The van der Waals surface area contributed by atoms with Crippen LogP contribution in [0.15, 0.2) is 41.8 Å². The van der Waals surface area contributed by atoms with E-state index >= 15 is 0 Å². The summed E-state index contributed by atoms with van der Waals surface area (Å²) in [5.74, 6) is 0.241. The van der Waals surface area contributed by atoms with Crippen LogP contribution in [0.3, 0.4) is 0 Å². The Bertz CT molecular complexity index is 1290. The molecule has 2 amide bonds. The molecule has 37 heavy (non-hydrogen) atoms. The van der Waals surface area contributed by atoms with E-state index in [1.807, 2.05) is 13.1 Å². The number of amides is 2. The first-order chi connectivity index (χ1) is 17.9. The van der Waals surface area contributed by atoms with Crippen LogP contribution in [-0.2, 0) is 22.7 Å². The summed E-state index contributed by atoms with van der Waals surface area (Å²) in [7, 11) is 0. The number of hydrogen-bond donors (Lipinski definition) is 1. The highest BCUT2D eigenvalue weighted by atomic mass is 35.5. The van der Waals surface area contributed by atoms with Crippen molar-refractivity contribution in [2.75, 3.05) is 25.4 Å². The van der Waals surface area contributed by atoms with E-state index in [0.717, 1.165) is 5.69 Å². The van der Waals surface area contributed by atoms with E-state index in [2.05, 4.69) is 25.6 Å². The summed E-state index contributed by atoms with van der Waals surface area (Å²) >= 11 is 7.56. The highest BCUT2D eigenvalue weighted by molar-refractivity contribution is 7.99. The van der Waals surface area contributed by atoms with Crippen LogP contribution < -0.4 is 10.1 Å². The van der Waals surface area contributed by atoms with Gasteiger partial charge in [-0.2, -0.15) is 0 Å². The second-order valence-electron chi connectivity index (χ2n) is 8.82. The number of carbonyl (C=O) groups excluding carboxylic acids is 2. The van der Waals surface area contributed by atoms with Crippen LogP contribution in [0.1, 0.15) is 28.2 Å². The van der Waals surface area contributed by atoms with Crippen molar-refractivity contribution in [1.82, 2.24) is 35.2 Å². The average Bonchev–Trinajstić information content (AvgIpc) is 3.51. The van der Waals surface area contributed by atoms with Gasteiger partial charge in [0, 0.05) is 43.5 Å². The Balaban J connectivity index is 1.32. The highest BCUT2D eigenvalue weighted by Crippen LogP contribution is 2.26. The molecule has 1 saturated heterocycles. The monoisotopic (exact) mass is 543 g/mol. The van der Waals surface area contributed by atoms with Gasteiger partial charge in [-0.3, -0.25) is 14.3 Å². The number of ether oxygens (including phenoxy) is 2. The second-order valence-corrected chi connectivity index (χ2v) is 10.2. The van der Waals surface area contributed by atoms with Crippen LogP contribution in [0.2, 0.25) is 5.02 Å². The molecular formula is C24H26ClN7O4S. The first-order valence-corrected chi connectivity index (χ1v) is 13.2. The molecule has 2 aromatic heterocycles. The Morgan fingerprint density at radius 2 is 2.19 bits per heavy atom. The van der Waals surface area contributed by atoms with Gasteiger partial charge in [0.1, 0.15) is 11.4 Å². The van der Waals surface area contributed by atoms with Crippen molar-refractivity contribution in [2.24, 2.45) is 0 Å². The molecule has 4 bridgehead atoms. The Morgan fingerprint density at radius 1 is 1.30 bits per heavy atom. The number of aryl methyl sites for hydroxylation is 2. The molecule has 194 valence electrons. The van der Waals surface area contributed by atoms with Crippen molar-refractivity contribution in [3.8, 4) is 5.75 Å². The van der Waals surface area contributed by atoms with Gasteiger partial charge in [0.15, 0.2) is 5.16 Å². The van der Waals surface area contributed by atoms with E-state index in [0.29, 0.717) is 59.8 Å². The van der Waals surface area contributed by atoms with Gasteiger partial charge in [-0.1, -0.05) is 28.6 Å². The van der Waals surface area contributed by atoms with Crippen molar-refractivity contribution in [3.05, 3.63) is 58.6 Å². The molecule has 0 saturated carbocycles. The molecule has 2 aliphatic rings. The van der Waals surface area contributed by atoms with Crippen LogP contribution in [0.25, 0.3) is 0 Å². The molecule has 2 aliphatic heterocycles. The summed E-state index contributed by atoms with van der Waals surface area (Å²) < 4.78 is 13.7. The quantitative estimate of drug-likeness (QED) is 0.390. The Labute approximate surface area is 222 Å². The number of aromatic nitrogens is 5. The lowest BCUT2D eigenvalue weighted by atomic mass is 10.1. The minimum Gasteiger partial charge on any atom is -0.492 e. The van der Waals surface area contributed by atoms with Crippen molar-refractivity contribution in [1.29, 1.82) is 0 Å². The molecule has 5 rings (SSSR count). The van der Waals surface area contributed by atoms with Gasteiger partial charge in [-0.25, -0.2) is 9.97 Å². The number of nitrogens with zero attached hydrogens (tertiary/aromatic N) is 6. The fraction of sp³-hybridized carbons (Fsp3) is 0.417. The van der Waals surface area contributed by atoms with E-state index in [1.54, 1.807) is 40.0 Å². The first-order valence-electron chi connectivity index (χ1n) is 11.9. The third kappa shape index (κ3) is 6.38. The first kappa shape index (κ1) is 25.4. The Hall–Kier alpha value is -3.22. The normalized spacial score (nSPS) is 20.2. The third-order valence-electron chi connectivity index (χ3n) is 6.05. The maximum Gasteiger partial charge on any atom is 0.251 e. The zero-order chi connectivity index (χ0) is 25.8. The molecule has 0 spiro atoms. The fourth-order valence-corrected chi connectivity index (χ4v) is 5.07. The number of hydrogen-bond acceptors (Lipinski definition) is 9. The van der Waals surface area contributed by atoms with Crippen molar-refractivity contribution in [2.45, 2.75) is 43.8 Å². The zero-order valence-corrected chi connectivity index (χ0v) is 21.7. The van der Waals surface area contributed by atoms with Crippen LogP contribution in [-0.4, -0.2) is 79.3 Å². The predicted octanol–water partition coefficient (Wildman–Crippen LogP) is 2.13. The summed E-state index contributed by atoms with van der Waals surface area (Å²) in [6.45, 7) is 3.76. The molecular weight excluding hydrogens is 518 g/mol. The van der Waals surface area contributed by atoms with Crippen molar-refractivity contribution < 1.29 is 19.1 Å². The van der Waals surface area contributed by atoms with Gasteiger partial charge in [-0.15, -0.1) is 5.10 Å². The van der Waals surface area contributed by atoms with Crippen LogP contribution >= 0.6 is 23.4 Å². The van der Waals surface area contributed by atoms with Crippen LogP contribution in [0.5, 0.6) is 5.75 Å². The lowest BCUT2D eigenvalue weighted by Crippen LogP contribution is -2.44. The molecule has 11 nitrogen and oxygen atoms in total. The summed E-state index contributed by atoms with van der Waals surface area (Å²) in [6, 6.07) is 6.31. The molecule has 0 aliphatic carbocycles. The number of thioether (sulfide) groups is 1. The topological polar surface area (TPSA) is 124 Å². The van der Waals surface area contributed by atoms with Crippen molar-refractivity contribution >= 4 is 35.2 Å². The van der Waals surface area contributed by atoms with E-state index in [-0.39, 0.29) is 24.2 Å². The van der Waals surface area contributed by atoms with Gasteiger partial charge >= 0.3 is 0 Å². The van der Waals surface area contributed by atoms with E-state index in [9.17, 15) is 9.59 Å². The Morgan fingerprint density at radius 3 is 3.05 bits per heavy atom. The summed E-state index contributed by atoms with van der Waals surface area (Å²) in [5.41, 5.74) is 1.92. The fourth-order valence-electron chi connectivity index (χ4n) is 4.12. The lowest BCUT2D eigenvalue weighted by Gasteiger charge is -2.20. The predicted molar refractivity (Wildman–Crippen MR) is 135 cm³/mol. The molecule has 13 heteroatoms. The molecule has 2 atom stereocenters. The number of likely N-dealkylation sites (tertiary alicyclic amines) is 1. The van der Waals surface area contributed by atoms with Gasteiger partial charge in [0.25, 0.3) is 5.91 Å². The molecule has 1 fully saturated rings. The Kier molecular flexibility index (Phi) is 7.87. The average molecular weight is 544 g/mol.